The number of esters is 1. The van der Waals surface area contributed by atoms with Crippen molar-refractivity contribution in [1.29, 1.82) is 0 Å². The minimum Gasteiger partial charge on any atom is -0.872 e. The molecule has 0 aliphatic carbocycles. The number of Topliss-reactive ketones (excluding diaryl/α,β-unsaturated/α-hetero) is 1. The van der Waals surface area contributed by atoms with Gasteiger partial charge in [0.25, 0.3) is 0 Å². The first-order valence-corrected chi connectivity index (χ1v) is 9.77. The Balaban J connectivity index is 1.66. The standard InChI is InChI=1S/C23H23NO5/c1-14-11-18(25)17(13-24-9-3-4-10-24)22-20(14)21(26)19(29-22)12-15-5-7-16(8-6-15)23(27)28-2/h5-8,11-12,25H,3-4,9-10,13H2,1-2H3. The molecule has 2 aromatic rings. The molecule has 2 heterocycles. The smallest absolute Gasteiger partial charge is 0.337 e. The van der Waals surface area contributed by atoms with Gasteiger partial charge in [-0.05, 0) is 36.3 Å². The second-order valence-corrected chi connectivity index (χ2v) is 7.56. The molecule has 6 heteroatoms. The van der Waals surface area contributed by atoms with E-state index in [-0.39, 0.29) is 17.3 Å². The normalized spacial score (nSPS) is 17.4. The molecular weight excluding hydrogens is 370 g/mol. The lowest BCUT2D eigenvalue weighted by Gasteiger charge is -2.20. The molecule has 0 bridgehead atoms. The first-order chi connectivity index (χ1) is 14.0. The summed E-state index contributed by atoms with van der Waals surface area (Å²) in [5.41, 5.74) is 2.86. The molecule has 2 aromatic carbocycles. The van der Waals surface area contributed by atoms with Gasteiger partial charge in [-0.15, -0.1) is 0 Å². The number of carbonyl (C=O) groups is 2. The molecule has 1 saturated heterocycles. The fourth-order valence-corrected chi connectivity index (χ4v) is 4.02. The third-order valence-corrected chi connectivity index (χ3v) is 5.57. The molecule has 150 valence electrons. The highest BCUT2D eigenvalue weighted by atomic mass is 16.5. The zero-order valence-electron chi connectivity index (χ0n) is 16.5. The summed E-state index contributed by atoms with van der Waals surface area (Å²) in [7, 11) is 1.33. The number of carbonyl (C=O) groups excluding carboxylic acids is 2. The Hall–Kier alpha value is -3.12. The van der Waals surface area contributed by atoms with Crippen molar-refractivity contribution >= 4 is 17.8 Å². The van der Waals surface area contributed by atoms with E-state index in [1.54, 1.807) is 43.3 Å². The van der Waals surface area contributed by atoms with Crippen molar-refractivity contribution in [3.8, 4) is 11.5 Å². The van der Waals surface area contributed by atoms with Gasteiger partial charge in [-0.25, -0.2) is 4.79 Å². The molecule has 1 fully saturated rings. The van der Waals surface area contributed by atoms with E-state index < -0.39 is 5.97 Å². The Morgan fingerprint density at radius 2 is 1.93 bits per heavy atom. The highest BCUT2D eigenvalue weighted by Gasteiger charge is 2.33. The molecule has 0 amide bonds. The predicted molar refractivity (Wildman–Crippen MR) is 105 cm³/mol. The van der Waals surface area contributed by atoms with E-state index in [1.807, 2.05) is 0 Å². The molecule has 0 spiro atoms. The van der Waals surface area contributed by atoms with Crippen LogP contribution in [0, 0.1) is 6.92 Å². The van der Waals surface area contributed by atoms with Gasteiger partial charge >= 0.3 is 5.97 Å². The molecular formula is C23H23NO5. The van der Waals surface area contributed by atoms with Crippen molar-refractivity contribution in [2.45, 2.75) is 26.3 Å². The summed E-state index contributed by atoms with van der Waals surface area (Å²) in [6.45, 7) is 4.41. The number of quaternary nitrogens is 1. The van der Waals surface area contributed by atoms with Gasteiger partial charge in [0.1, 0.15) is 12.3 Å². The number of allylic oxidation sites excluding steroid dienone is 1. The largest absolute Gasteiger partial charge is 0.872 e. The topological polar surface area (TPSA) is 80.1 Å². The number of nitrogens with one attached hydrogen (secondary N) is 1. The molecule has 0 saturated carbocycles. The van der Waals surface area contributed by atoms with Crippen LogP contribution in [0.5, 0.6) is 11.5 Å². The summed E-state index contributed by atoms with van der Waals surface area (Å²) >= 11 is 0. The lowest BCUT2D eigenvalue weighted by atomic mass is 9.99. The number of hydrogen-bond donors (Lipinski definition) is 1. The average Bonchev–Trinajstić information content (AvgIpc) is 3.33. The second kappa shape index (κ2) is 7.72. The molecule has 4 rings (SSSR count). The Bertz CT molecular complexity index is 1000. The highest BCUT2D eigenvalue weighted by Crippen LogP contribution is 2.40. The number of likely N-dealkylation sites (tertiary alicyclic amines) is 1. The van der Waals surface area contributed by atoms with Crippen molar-refractivity contribution in [2.75, 3.05) is 20.2 Å². The van der Waals surface area contributed by atoms with Gasteiger partial charge in [0.05, 0.1) is 31.3 Å². The number of hydrogen-bond acceptors (Lipinski definition) is 5. The fraction of sp³-hybridized carbons (Fsp3) is 0.304. The van der Waals surface area contributed by atoms with Gasteiger partial charge in [0.2, 0.25) is 5.78 Å². The van der Waals surface area contributed by atoms with Crippen LogP contribution >= 0.6 is 0 Å². The monoisotopic (exact) mass is 393 g/mol. The van der Waals surface area contributed by atoms with Gasteiger partial charge < -0.3 is 19.5 Å². The van der Waals surface area contributed by atoms with Crippen LogP contribution in [0.1, 0.15) is 50.2 Å². The predicted octanol–water partition coefficient (Wildman–Crippen LogP) is 1.65. The van der Waals surface area contributed by atoms with E-state index in [0.717, 1.165) is 31.5 Å². The maximum absolute atomic E-state index is 13.0. The van der Waals surface area contributed by atoms with Crippen molar-refractivity contribution in [2.24, 2.45) is 0 Å². The molecule has 0 atom stereocenters. The summed E-state index contributed by atoms with van der Waals surface area (Å²) in [6.07, 6.45) is 3.95. The van der Waals surface area contributed by atoms with Crippen LogP contribution in [0.2, 0.25) is 0 Å². The van der Waals surface area contributed by atoms with Crippen LogP contribution in [-0.4, -0.2) is 32.0 Å². The van der Waals surface area contributed by atoms with Gasteiger partial charge in [-0.2, -0.15) is 0 Å². The molecule has 2 aliphatic rings. The molecule has 6 nitrogen and oxygen atoms in total. The summed E-state index contributed by atoms with van der Waals surface area (Å²) < 4.78 is 10.6. The van der Waals surface area contributed by atoms with Crippen LogP contribution in [0.4, 0.5) is 0 Å². The Morgan fingerprint density at radius 1 is 1.24 bits per heavy atom. The van der Waals surface area contributed by atoms with Crippen LogP contribution in [0.25, 0.3) is 6.08 Å². The van der Waals surface area contributed by atoms with E-state index >= 15 is 0 Å². The summed E-state index contributed by atoms with van der Waals surface area (Å²) in [5.74, 6) is -0.101. The lowest BCUT2D eigenvalue weighted by Crippen LogP contribution is -3.08. The number of ketones is 1. The molecule has 0 unspecified atom stereocenters. The van der Waals surface area contributed by atoms with Gasteiger partial charge in [-0.1, -0.05) is 23.9 Å². The first kappa shape index (κ1) is 19.2. The maximum atomic E-state index is 13.0. The van der Waals surface area contributed by atoms with Crippen molar-refractivity contribution < 1.29 is 29.1 Å². The molecule has 2 aliphatic heterocycles. The zero-order chi connectivity index (χ0) is 20.5. The molecule has 29 heavy (non-hydrogen) atoms. The van der Waals surface area contributed by atoms with E-state index in [0.29, 0.717) is 34.5 Å². The summed E-state index contributed by atoms with van der Waals surface area (Å²) in [6, 6.07) is 8.25. The zero-order valence-corrected chi connectivity index (χ0v) is 16.5. The maximum Gasteiger partial charge on any atom is 0.337 e. The van der Waals surface area contributed by atoms with E-state index in [2.05, 4.69) is 0 Å². The van der Waals surface area contributed by atoms with Crippen LogP contribution in [-0.2, 0) is 11.3 Å². The summed E-state index contributed by atoms with van der Waals surface area (Å²) in [4.78, 5) is 25.9. The fourth-order valence-electron chi connectivity index (χ4n) is 4.02. The van der Waals surface area contributed by atoms with E-state index in [9.17, 15) is 14.7 Å². The number of benzene rings is 2. The third-order valence-electron chi connectivity index (χ3n) is 5.57. The minimum atomic E-state index is -0.419. The SMILES string of the molecule is COC(=O)c1ccc(C=C2Oc3c(C[NH+]4CCCC4)c([O-])cc(C)c3C2=O)cc1. The Kier molecular flexibility index (Phi) is 5.11. The number of aryl methyl sites for hydroxylation is 1. The molecule has 0 radical (unpaired) electrons. The lowest BCUT2D eigenvalue weighted by molar-refractivity contribution is -0.901. The summed E-state index contributed by atoms with van der Waals surface area (Å²) in [5, 5.41) is 12.6. The van der Waals surface area contributed by atoms with Crippen LogP contribution < -0.4 is 14.7 Å². The van der Waals surface area contributed by atoms with E-state index in [4.69, 9.17) is 9.47 Å². The number of methoxy groups -OCH3 is 1. The van der Waals surface area contributed by atoms with Crippen LogP contribution in [0.15, 0.2) is 36.1 Å². The Morgan fingerprint density at radius 3 is 2.59 bits per heavy atom. The first-order valence-electron chi connectivity index (χ1n) is 9.77. The van der Waals surface area contributed by atoms with Crippen LogP contribution in [0.3, 0.4) is 0 Å². The van der Waals surface area contributed by atoms with Gasteiger partial charge in [0.15, 0.2) is 5.76 Å². The molecule has 1 N–H and O–H groups in total. The number of ether oxygens (including phenoxy) is 2. The third kappa shape index (κ3) is 3.63. The van der Waals surface area contributed by atoms with Gasteiger partial charge in [0, 0.05) is 18.4 Å². The van der Waals surface area contributed by atoms with Crippen molar-refractivity contribution in [3.63, 3.8) is 0 Å². The average molecular weight is 393 g/mol. The quantitative estimate of drug-likeness (QED) is 0.631. The minimum absolute atomic E-state index is 0.0721. The van der Waals surface area contributed by atoms with Gasteiger partial charge in [-0.3, -0.25) is 4.79 Å². The number of fused-ring (bicyclic) bond motifs is 1. The number of rotatable bonds is 4. The van der Waals surface area contributed by atoms with Crippen molar-refractivity contribution in [3.05, 3.63) is 63.9 Å². The second-order valence-electron chi connectivity index (χ2n) is 7.56. The molecule has 0 aromatic heterocycles. The van der Waals surface area contributed by atoms with Crippen molar-refractivity contribution in [1.82, 2.24) is 0 Å². The Labute approximate surface area is 169 Å². The van der Waals surface area contributed by atoms with E-state index in [1.165, 1.54) is 12.0 Å². The highest BCUT2D eigenvalue weighted by molar-refractivity contribution is 6.15.